The standard InChI is InChI=1S/C35H34O13/c1-21-4-7-25-24(18-21)34(40)48-35(25)26-8-5-22(45-32(38)12-10-30(36)43-16-14-41-2)19-28(26)47-29-20-23(6-9-27(29)35)46-33(39)13-11-31(37)44-17-15-42-3/h4-9,18-20H,10-17H2,1-3H3. The Bertz CT molecular complexity index is 1640. The largest absolute Gasteiger partial charge is 0.463 e. The van der Waals surface area contributed by atoms with E-state index in [2.05, 4.69) is 0 Å². The molecule has 0 unspecified atom stereocenters. The van der Waals surface area contributed by atoms with Gasteiger partial charge in [-0.2, -0.15) is 0 Å². The van der Waals surface area contributed by atoms with Gasteiger partial charge in [0, 0.05) is 43.0 Å². The van der Waals surface area contributed by atoms with Crippen LogP contribution in [0.1, 0.15) is 58.3 Å². The van der Waals surface area contributed by atoms with E-state index in [0.29, 0.717) is 22.3 Å². The van der Waals surface area contributed by atoms with Crippen molar-refractivity contribution in [3.05, 3.63) is 82.4 Å². The predicted molar refractivity (Wildman–Crippen MR) is 165 cm³/mol. The lowest BCUT2D eigenvalue weighted by Gasteiger charge is -2.36. The van der Waals surface area contributed by atoms with Crippen LogP contribution >= 0.6 is 0 Å². The molecule has 0 aliphatic carbocycles. The summed E-state index contributed by atoms with van der Waals surface area (Å²) >= 11 is 0. The minimum atomic E-state index is -1.42. The Labute approximate surface area is 275 Å². The van der Waals surface area contributed by atoms with Gasteiger partial charge in [0.25, 0.3) is 0 Å². The second-order valence-electron chi connectivity index (χ2n) is 10.9. The highest BCUT2D eigenvalue weighted by atomic mass is 16.6. The van der Waals surface area contributed by atoms with Crippen LogP contribution in [0, 0.1) is 6.92 Å². The van der Waals surface area contributed by atoms with Crippen LogP contribution in [0.2, 0.25) is 0 Å². The smallest absolute Gasteiger partial charge is 0.340 e. The molecule has 3 aromatic rings. The van der Waals surface area contributed by atoms with Crippen molar-refractivity contribution in [2.45, 2.75) is 38.2 Å². The number of rotatable bonds is 14. The monoisotopic (exact) mass is 662 g/mol. The van der Waals surface area contributed by atoms with Crippen LogP contribution < -0.4 is 14.2 Å². The Morgan fingerprint density at radius 2 is 1.10 bits per heavy atom. The first kappa shape index (κ1) is 34.1. The number of methoxy groups -OCH3 is 2. The van der Waals surface area contributed by atoms with E-state index in [1.165, 1.54) is 26.4 Å². The Kier molecular flexibility index (Phi) is 10.7. The quantitative estimate of drug-likeness (QED) is 0.104. The third-order valence-electron chi connectivity index (χ3n) is 7.54. The molecule has 3 aromatic carbocycles. The lowest BCUT2D eigenvalue weighted by atomic mass is 9.77. The van der Waals surface area contributed by atoms with Gasteiger partial charge in [0.05, 0.1) is 44.5 Å². The summed E-state index contributed by atoms with van der Waals surface area (Å²) in [5.41, 5.74) is 1.36. The van der Waals surface area contributed by atoms with Crippen molar-refractivity contribution in [1.29, 1.82) is 0 Å². The van der Waals surface area contributed by atoms with Crippen molar-refractivity contribution in [3.8, 4) is 23.0 Å². The van der Waals surface area contributed by atoms with Gasteiger partial charge in [-0.05, 0) is 37.3 Å². The van der Waals surface area contributed by atoms with Crippen LogP contribution in [0.25, 0.3) is 0 Å². The average molecular weight is 663 g/mol. The topological polar surface area (TPSA) is 159 Å². The molecule has 0 saturated carbocycles. The molecule has 0 fully saturated rings. The molecule has 1 spiro atoms. The summed E-state index contributed by atoms with van der Waals surface area (Å²) in [6.07, 6.45) is -0.798. The number of hydrogen-bond donors (Lipinski definition) is 0. The highest BCUT2D eigenvalue weighted by Crippen LogP contribution is 2.57. The Balaban J connectivity index is 1.39. The summed E-state index contributed by atoms with van der Waals surface area (Å²) < 4.78 is 43.0. The molecule has 0 radical (unpaired) electrons. The molecule has 13 nitrogen and oxygen atoms in total. The van der Waals surface area contributed by atoms with E-state index in [9.17, 15) is 24.0 Å². The average Bonchev–Trinajstić information content (AvgIpc) is 3.34. The van der Waals surface area contributed by atoms with E-state index in [4.69, 9.17) is 37.9 Å². The van der Waals surface area contributed by atoms with E-state index in [1.807, 2.05) is 19.1 Å². The maximum atomic E-state index is 13.3. The minimum Gasteiger partial charge on any atom is -0.463 e. The van der Waals surface area contributed by atoms with Crippen molar-refractivity contribution >= 4 is 29.8 Å². The number of aryl methyl sites for hydroxylation is 1. The normalized spacial score (nSPS) is 13.4. The molecule has 0 N–H and O–H groups in total. The van der Waals surface area contributed by atoms with Gasteiger partial charge < -0.3 is 37.9 Å². The third kappa shape index (κ3) is 7.48. The molecular formula is C35H34O13. The summed E-state index contributed by atoms with van der Waals surface area (Å²) in [6, 6.07) is 14.7. The zero-order valence-electron chi connectivity index (χ0n) is 26.7. The van der Waals surface area contributed by atoms with Gasteiger partial charge in [-0.1, -0.05) is 17.7 Å². The summed E-state index contributed by atoms with van der Waals surface area (Å²) in [7, 11) is 2.96. The maximum Gasteiger partial charge on any atom is 0.340 e. The lowest BCUT2D eigenvalue weighted by Crippen LogP contribution is -2.33. The van der Waals surface area contributed by atoms with Gasteiger partial charge in [0.15, 0.2) is 5.60 Å². The lowest BCUT2D eigenvalue weighted by molar-refractivity contribution is -0.148. The Morgan fingerprint density at radius 1 is 0.625 bits per heavy atom. The van der Waals surface area contributed by atoms with Gasteiger partial charge in [-0.15, -0.1) is 0 Å². The van der Waals surface area contributed by atoms with Crippen molar-refractivity contribution in [2.24, 2.45) is 0 Å². The molecule has 2 heterocycles. The number of ether oxygens (including phenoxy) is 8. The highest BCUT2D eigenvalue weighted by molar-refractivity contribution is 5.97. The van der Waals surface area contributed by atoms with Crippen LogP contribution in [-0.4, -0.2) is 70.5 Å². The number of carbonyl (C=O) groups excluding carboxylic acids is 5. The van der Waals surface area contributed by atoms with E-state index >= 15 is 0 Å². The maximum absolute atomic E-state index is 13.3. The second-order valence-corrected chi connectivity index (χ2v) is 10.9. The molecule has 252 valence electrons. The van der Waals surface area contributed by atoms with Gasteiger partial charge in [-0.25, -0.2) is 4.79 Å². The number of benzene rings is 3. The molecule has 5 rings (SSSR count). The first-order valence-corrected chi connectivity index (χ1v) is 15.2. The zero-order valence-corrected chi connectivity index (χ0v) is 26.7. The van der Waals surface area contributed by atoms with E-state index < -0.39 is 35.4 Å². The zero-order chi connectivity index (χ0) is 34.3. The fraction of sp³-hybridized carbons (Fsp3) is 0.343. The first-order valence-electron chi connectivity index (χ1n) is 15.2. The van der Waals surface area contributed by atoms with Crippen LogP contribution in [0.15, 0.2) is 54.6 Å². The fourth-order valence-electron chi connectivity index (χ4n) is 5.32. The molecular weight excluding hydrogens is 628 g/mol. The molecule has 2 aliphatic rings. The van der Waals surface area contributed by atoms with E-state index in [1.54, 1.807) is 30.3 Å². The van der Waals surface area contributed by atoms with Crippen LogP contribution in [-0.2, 0) is 48.5 Å². The summed E-state index contributed by atoms with van der Waals surface area (Å²) in [4.78, 5) is 62.2. The van der Waals surface area contributed by atoms with Gasteiger partial charge in [-0.3, -0.25) is 19.2 Å². The van der Waals surface area contributed by atoms with Crippen LogP contribution in [0.4, 0.5) is 0 Å². The fourth-order valence-corrected chi connectivity index (χ4v) is 5.32. The summed E-state index contributed by atoms with van der Waals surface area (Å²) in [5.74, 6) is -2.32. The SMILES string of the molecule is COCCOC(=O)CCC(=O)Oc1ccc2c(c1)Oc1cc(OC(=O)CCC(=O)OCCOC)ccc1C21OC(=O)c2cc(C)ccc21. The Morgan fingerprint density at radius 3 is 1.60 bits per heavy atom. The third-order valence-corrected chi connectivity index (χ3v) is 7.54. The van der Waals surface area contributed by atoms with Crippen molar-refractivity contribution in [2.75, 3.05) is 40.6 Å². The Hall–Kier alpha value is -5.27. The molecule has 48 heavy (non-hydrogen) atoms. The highest BCUT2D eigenvalue weighted by Gasteiger charge is 2.53. The molecule has 0 bridgehead atoms. The number of carbonyl (C=O) groups is 5. The molecule has 0 atom stereocenters. The van der Waals surface area contributed by atoms with Crippen molar-refractivity contribution in [3.63, 3.8) is 0 Å². The molecule has 2 aliphatic heterocycles. The van der Waals surface area contributed by atoms with Crippen LogP contribution in [0.5, 0.6) is 23.0 Å². The van der Waals surface area contributed by atoms with Gasteiger partial charge in [0.2, 0.25) is 0 Å². The summed E-state index contributed by atoms with van der Waals surface area (Å²) in [6.45, 7) is 2.50. The second kappa shape index (κ2) is 15.1. The minimum absolute atomic E-state index is 0.0773. The summed E-state index contributed by atoms with van der Waals surface area (Å²) in [5, 5.41) is 0. The van der Waals surface area contributed by atoms with Crippen molar-refractivity contribution < 1.29 is 61.9 Å². The van der Waals surface area contributed by atoms with E-state index in [0.717, 1.165) is 5.56 Å². The first-order chi connectivity index (χ1) is 23.1. The molecule has 0 aromatic heterocycles. The van der Waals surface area contributed by atoms with Crippen LogP contribution in [0.3, 0.4) is 0 Å². The van der Waals surface area contributed by atoms with Gasteiger partial charge >= 0.3 is 29.8 Å². The number of hydrogen-bond acceptors (Lipinski definition) is 13. The predicted octanol–water partition coefficient (Wildman–Crippen LogP) is 4.31. The van der Waals surface area contributed by atoms with Gasteiger partial charge in [0.1, 0.15) is 36.2 Å². The van der Waals surface area contributed by atoms with E-state index in [-0.39, 0.29) is 75.1 Å². The number of fused-ring (bicyclic) bond motifs is 6. The molecule has 0 amide bonds. The molecule has 0 saturated heterocycles. The van der Waals surface area contributed by atoms with Crippen molar-refractivity contribution in [1.82, 2.24) is 0 Å². The number of esters is 5. The molecule has 13 heteroatoms.